The van der Waals surface area contributed by atoms with Gasteiger partial charge in [-0.3, -0.25) is 9.59 Å². The third-order valence-corrected chi connectivity index (χ3v) is 10.3. The molecule has 0 aliphatic heterocycles. The highest BCUT2D eigenvalue weighted by Crippen LogP contribution is 2.16. The molecule has 3 unspecified atom stereocenters. The molecule has 0 bridgehead atoms. The van der Waals surface area contributed by atoms with Crippen LogP contribution in [0.5, 0.6) is 0 Å². The SMILES string of the molecule is CC/C=C/C=C/C=C\C=C/C=C/CCCC(CC(=O)NC(CO)C(O)CCCCCCCCCCCC)OC(=O)CCCCCCC/C=C/C=C/C=C/C=C/CCCCC. The lowest BCUT2D eigenvalue weighted by Crippen LogP contribution is -2.46. The molecule has 0 aliphatic carbocycles. The Morgan fingerprint density at radius 2 is 0.917 bits per heavy atom. The number of carbonyl (C=O) groups excluding carboxylic acids is 2. The number of hydrogen-bond donors (Lipinski definition) is 3. The highest BCUT2D eigenvalue weighted by Gasteiger charge is 2.24. The van der Waals surface area contributed by atoms with Gasteiger partial charge in [0, 0.05) is 6.42 Å². The fourth-order valence-corrected chi connectivity index (χ4v) is 6.64. The number of allylic oxidation sites excluding steroid dienone is 18. The first-order chi connectivity index (χ1) is 29.5. The van der Waals surface area contributed by atoms with Gasteiger partial charge in [-0.05, 0) is 64.2 Å². The minimum absolute atomic E-state index is 0.0117. The van der Waals surface area contributed by atoms with Crippen molar-refractivity contribution in [3.8, 4) is 0 Å². The molecule has 340 valence electrons. The lowest BCUT2D eigenvalue weighted by molar-refractivity contribution is -0.151. The summed E-state index contributed by atoms with van der Waals surface area (Å²) in [6.07, 6.45) is 62.9. The maximum atomic E-state index is 13.1. The summed E-state index contributed by atoms with van der Waals surface area (Å²) in [4.78, 5) is 26.0. The van der Waals surface area contributed by atoms with Gasteiger partial charge in [0.25, 0.3) is 0 Å². The van der Waals surface area contributed by atoms with Crippen LogP contribution in [-0.4, -0.2) is 46.9 Å². The molecule has 1 amide bonds. The van der Waals surface area contributed by atoms with Crippen LogP contribution in [0.25, 0.3) is 0 Å². The van der Waals surface area contributed by atoms with Gasteiger partial charge in [-0.1, -0.05) is 226 Å². The van der Waals surface area contributed by atoms with E-state index in [9.17, 15) is 19.8 Å². The van der Waals surface area contributed by atoms with Gasteiger partial charge in [0.15, 0.2) is 0 Å². The van der Waals surface area contributed by atoms with Crippen molar-refractivity contribution in [2.45, 2.75) is 212 Å². The molecule has 3 N–H and O–H groups in total. The average Bonchev–Trinajstić information content (AvgIpc) is 3.24. The summed E-state index contributed by atoms with van der Waals surface area (Å²) < 4.78 is 5.87. The van der Waals surface area contributed by atoms with Gasteiger partial charge in [-0.2, -0.15) is 0 Å². The van der Waals surface area contributed by atoms with Gasteiger partial charge in [-0.15, -0.1) is 0 Å². The number of ether oxygens (including phenoxy) is 1. The Morgan fingerprint density at radius 3 is 1.43 bits per heavy atom. The number of carbonyl (C=O) groups is 2. The molecule has 0 aliphatic rings. The fraction of sp³-hybridized carbons (Fsp3) is 0.630. The third-order valence-electron chi connectivity index (χ3n) is 10.3. The van der Waals surface area contributed by atoms with Crippen molar-refractivity contribution in [2.24, 2.45) is 0 Å². The Balaban J connectivity index is 4.76. The van der Waals surface area contributed by atoms with E-state index in [1.165, 1.54) is 64.2 Å². The van der Waals surface area contributed by atoms with Crippen molar-refractivity contribution < 1.29 is 24.5 Å². The van der Waals surface area contributed by atoms with Crippen LogP contribution >= 0.6 is 0 Å². The second-order valence-corrected chi connectivity index (χ2v) is 16.0. The van der Waals surface area contributed by atoms with Crippen LogP contribution in [0, 0.1) is 0 Å². The van der Waals surface area contributed by atoms with Gasteiger partial charge < -0.3 is 20.3 Å². The van der Waals surface area contributed by atoms with Crippen molar-refractivity contribution in [3.05, 3.63) is 109 Å². The van der Waals surface area contributed by atoms with Crippen molar-refractivity contribution in [3.63, 3.8) is 0 Å². The van der Waals surface area contributed by atoms with Gasteiger partial charge >= 0.3 is 5.97 Å². The summed E-state index contributed by atoms with van der Waals surface area (Å²) in [5, 5.41) is 23.6. The number of esters is 1. The normalized spacial score (nSPS) is 14.3. The van der Waals surface area contributed by atoms with E-state index in [1.807, 2.05) is 48.6 Å². The minimum Gasteiger partial charge on any atom is -0.462 e. The smallest absolute Gasteiger partial charge is 0.306 e. The standard InChI is InChI=1S/C54H89NO5/c1-4-7-10-13-16-19-22-24-25-26-27-28-30-32-35-38-41-44-47-54(59)60-50(45-42-39-36-33-31-29-23-20-17-14-11-8-5-2)48-53(58)55-51(49-56)52(57)46-43-40-37-34-21-18-15-12-9-6-3/h8,11,14,16-17,19-20,22-29,31,33,36,50-52,56-57H,4-7,9-10,12-13,15,18,21,30,32,34-35,37-49H2,1-3H3,(H,55,58)/b11-8+,17-14+,19-16+,23-20-,24-22+,26-25+,28-27+,31-29-,36-33+. The predicted molar refractivity (Wildman–Crippen MR) is 259 cm³/mol. The molecule has 0 aromatic rings. The zero-order valence-electron chi connectivity index (χ0n) is 38.5. The van der Waals surface area contributed by atoms with Gasteiger partial charge in [0.05, 0.1) is 25.2 Å². The van der Waals surface area contributed by atoms with E-state index in [2.05, 4.69) is 86.8 Å². The Kier molecular flexibility index (Phi) is 43.9. The number of unbranched alkanes of at least 4 members (excludes halogenated alkanes) is 18. The molecule has 0 radical (unpaired) electrons. The largest absolute Gasteiger partial charge is 0.462 e. The van der Waals surface area contributed by atoms with Crippen LogP contribution < -0.4 is 5.32 Å². The van der Waals surface area contributed by atoms with Crippen LogP contribution in [-0.2, 0) is 14.3 Å². The highest BCUT2D eigenvalue weighted by atomic mass is 16.5. The van der Waals surface area contributed by atoms with Gasteiger partial charge in [0.2, 0.25) is 5.91 Å². The summed E-state index contributed by atoms with van der Waals surface area (Å²) in [5.74, 6) is -0.586. The Morgan fingerprint density at radius 1 is 0.500 bits per heavy atom. The average molecular weight is 832 g/mol. The van der Waals surface area contributed by atoms with E-state index in [4.69, 9.17) is 4.74 Å². The summed E-state index contributed by atoms with van der Waals surface area (Å²) in [7, 11) is 0. The zero-order valence-corrected chi connectivity index (χ0v) is 38.5. The lowest BCUT2D eigenvalue weighted by atomic mass is 10.0. The Labute approximate surface area is 368 Å². The predicted octanol–water partition coefficient (Wildman–Crippen LogP) is 14.3. The molecule has 60 heavy (non-hydrogen) atoms. The van der Waals surface area contributed by atoms with Gasteiger partial charge in [-0.25, -0.2) is 0 Å². The molecular weight excluding hydrogens is 743 g/mol. The molecule has 6 nitrogen and oxygen atoms in total. The molecule has 3 atom stereocenters. The van der Waals surface area contributed by atoms with Crippen molar-refractivity contribution in [1.82, 2.24) is 5.32 Å². The lowest BCUT2D eigenvalue weighted by Gasteiger charge is -2.24. The monoisotopic (exact) mass is 832 g/mol. The van der Waals surface area contributed by atoms with E-state index < -0.39 is 18.2 Å². The Bertz CT molecular complexity index is 1250. The maximum absolute atomic E-state index is 13.1. The molecule has 0 saturated carbocycles. The summed E-state index contributed by atoms with van der Waals surface area (Å²) >= 11 is 0. The number of rotatable bonds is 41. The fourth-order valence-electron chi connectivity index (χ4n) is 6.64. The first-order valence-corrected chi connectivity index (χ1v) is 24.2. The van der Waals surface area contributed by atoms with Crippen molar-refractivity contribution in [2.75, 3.05) is 6.61 Å². The van der Waals surface area contributed by atoms with Crippen molar-refractivity contribution in [1.29, 1.82) is 0 Å². The summed E-state index contributed by atoms with van der Waals surface area (Å²) in [5.41, 5.74) is 0. The highest BCUT2D eigenvalue weighted by molar-refractivity contribution is 5.77. The van der Waals surface area contributed by atoms with Crippen LogP contribution in [0.1, 0.15) is 194 Å². The van der Waals surface area contributed by atoms with Crippen LogP contribution in [0.3, 0.4) is 0 Å². The zero-order chi connectivity index (χ0) is 43.8. The summed E-state index contributed by atoms with van der Waals surface area (Å²) in [6.45, 7) is 6.24. The number of aliphatic hydroxyl groups excluding tert-OH is 2. The van der Waals surface area contributed by atoms with E-state index >= 15 is 0 Å². The third kappa shape index (κ3) is 41.3. The molecule has 0 aromatic carbocycles. The molecule has 0 rings (SSSR count). The van der Waals surface area contributed by atoms with Crippen molar-refractivity contribution >= 4 is 11.9 Å². The van der Waals surface area contributed by atoms with E-state index in [1.54, 1.807) is 0 Å². The topological polar surface area (TPSA) is 95.9 Å². The molecule has 0 heterocycles. The number of hydrogen-bond acceptors (Lipinski definition) is 5. The van der Waals surface area contributed by atoms with Crippen LogP contribution in [0.15, 0.2) is 109 Å². The Hall–Kier alpha value is -3.48. The number of aliphatic hydroxyl groups is 2. The quantitative estimate of drug-likeness (QED) is 0.0324. The molecule has 0 saturated heterocycles. The summed E-state index contributed by atoms with van der Waals surface area (Å²) in [6, 6.07) is -0.735. The molecule has 0 spiro atoms. The first kappa shape index (κ1) is 56.5. The molecule has 6 heteroatoms. The maximum Gasteiger partial charge on any atom is 0.306 e. The first-order valence-electron chi connectivity index (χ1n) is 24.2. The molecular formula is C54H89NO5. The van der Waals surface area contributed by atoms with E-state index in [-0.39, 0.29) is 24.9 Å². The second kappa shape index (κ2) is 46.6. The minimum atomic E-state index is -0.816. The van der Waals surface area contributed by atoms with Crippen LogP contribution in [0.2, 0.25) is 0 Å². The molecule has 0 fully saturated rings. The van der Waals surface area contributed by atoms with Crippen LogP contribution in [0.4, 0.5) is 0 Å². The van der Waals surface area contributed by atoms with Gasteiger partial charge in [0.1, 0.15) is 6.10 Å². The second-order valence-electron chi connectivity index (χ2n) is 16.0. The van der Waals surface area contributed by atoms with E-state index in [0.717, 1.165) is 83.5 Å². The number of nitrogens with one attached hydrogen (secondary N) is 1. The van der Waals surface area contributed by atoms with E-state index in [0.29, 0.717) is 19.3 Å². The molecule has 0 aromatic heterocycles. The number of amides is 1.